The highest BCUT2D eigenvalue weighted by Crippen LogP contribution is 2.21. The van der Waals surface area contributed by atoms with Gasteiger partial charge in [-0.15, -0.1) is 0 Å². The first-order valence-corrected chi connectivity index (χ1v) is 10.4. The number of benzene rings is 3. The van der Waals surface area contributed by atoms with Crippen LogP contribution in [-0.2, 0) is 0 Å². The van der Waals surface area contributed by atoms with Gasteiger partial charge in [-0.1, -0.05) is 96.1 Å². The topological polar surface area (TPSA) is 12.9 Å². The zero-order valence-corrected chi connectivity index (χ0v) is 18.1. The third kappa shape index (κ3) is 5.66. The highest BCUT2D eigenvalue weighted by Gasteiger charge is 2.00. The quantitative estimate of drug-likeness (QED) is 0.345. The lowest BCUT2D eigenvalue weighted by atomic mass is 9.99. The third-order valence-corrected chi connectivity index (χ3v) is 4.73. The van der Waals surface area contributed by atoms with Gasteiger partial charge in [0.2, 0.25) is 0 Å². The van der Waals surface area contributed by atoms with E-state index in [2.05, 4.69) is 99.4 Å². The molecule has 1 aromatic heterocycles. The molecular weight excluding hydrogens is 338 g/mol. The van der Waals surface area contributed by atoms with Crippen molar-refractivity contribution in [3.63, 3.8) is 0 Å². The minimum atomic E-state index is 0.588. The fourth-order valence-electron chi connectivity index (χ4n) is 3.02. The summed E-state index contributed by atoms with van der Waals surface area (Å²) in [6.45, 7) is 12.9. The molecule has 0 bridgehead atoms. The number of nitrogens with zero attached hydrogens (tertiary/aromatic N) is 1. The highest BCUT2D eigenvalue weighted by molar-refractivity contribution is 5.83. The van der Waals surface area contributed by atoms with Crippen LogP contribution in [0.3, 0.4) is 0 Å². The number of rotatable bonds is 2. The molecule has 1 heterocycles. The van der Waals surface area contributed by atoms with Crippen LogP contribution in [-0.4, -0.2) is 4.98 Å². The Labute approximate surface area is 170 Å². The van der Waals surface area contributed by atoms with Crippen LogP contribution in [0.25, 0.3) is 21.7 Å². The first-order valence-electron chi connectivity index (χ1n) is 10.4. The van der Waals surface area contributed by atoms with Crippen molar-refractivity contribution in [2.24, 2.45) is 0 Å². The molecule has 28 heavy (non-hydrogen) atoms. The van der Waals surface area contributed by atoms with Gasteiger partial charge in [0.05, 0.1) is 5.52 Å². The summed E-state index contributed by atoms with van der Waals surface area (Å²) >= 11 is 0. The van der Waals surface area contributed by atoms with Gasteiger partial charge in [0, 0.05) is 11.6 Å². The lowest BCUT2D eigenvalue weighted by molar-refractivity contribution is 0.868. The van der Waals surface area contributed by atoms with Gasteiger partial charge in [-0.3, -0.25) is 4.98 Å². The average Bonchev–Trinajstić information content (AvgIpc) is 2.75. The van der Waals surface area contributed by atoms with Crippen molar-refractivity contribution in [2.45, 2.75) is 53.4 Å². The summed E-state index contributed by atoms with van der Waals surface area (Å²) in [7, 11) is 0. The Morgan fingerprint density at radius 1 is 0.571 bits per heavy atom. The Hall–Kier alpha value is -2.67. The number of fused-ring (bicyclic) bond motifs is 2. The summed E-state index contributed by atoms with van der Waals surface area (Å²) < 4.78 is 0. The maximum Gasteiger partial charge on any atom is 0.0702 e. The van der Waals surface area contributed by atoms with E-state index in [0.717, 1.165) is 5.52 Å². The van der Waals surface area contributed by atoms with Crippen LogP contribution in [0, 0.1) is 0 Å². The van der Waals surface area contributed by atoms with Crippen LogP contribution < -0.4 is 0 Å². The van der Waals surface area contributed by atoms with Gasteiger partial charge in [-0.25, -0.2) is 0 Å². The summed E-state index contributed by atoms with van der Waals surface area (Å²) in [5.74, 6) is 1.20. The third-order valence-electron chi connectivity index (χ3n) is 4.73. The number of hydrogen-bond acceptors (Lipinski definition) is 1. The van der Waals surface area contributed by atoms with E-state index in [9.17, 15) is 0 Å². The summed E-state index contributed by atoms with van der Waals surface area (Å²) in [5, 5.41) is 3.90. The van der Waals surface area contributed by atoms with E-state index < -0.39 is 0 Å². The lowest BCUT2D eigenvalue weighted by Crippen LogP contribution is -1.87. The van der Waals surface area contributed by atoms with Crippen LogP contribution in [0.4, 0.5) is 0 Å². The molecule has 4 aromatic rings. The molecule has 0 fully saturated rings. The molecule has 4 rings (SSSR count). The first kappa shape index (κ1) is 21.6. The van der Waals surface area contributed by atoms with Crippen molar-refractivity contribution in [1.82, 2.24) is 4.98 Å². The molecule has 0 N–H and O–H groups in total. The predicted molar refractivity (Wildman–Crippen MR) is 125 cm³/mol. The minimum Gasteiger partial charge on any atom is -0.256 e. The Balaban J connectivity index is 0.000000184. The van der Waals surface area contributed by atoms with Crippen molar-refractivity contribution >= 4 is 21.7 Å². The monoisotopic (exact) mass is 371 g/mol. The van der Waals surface area contributed by atoms with E-state index in [-0.39, 0.29) is 0 Å². The van der Waals surface area contributed by atoms with E-state index in [1.165, 1.54) is 27.3 Å². The number of pyridine rings is 1. The van der Waals surface area contributed by atoms with E-state index >= 15 is 0 Å². The minimum absolute atomic E-state index is 0.588. The van der Waals surface area contributed by atoms with Crippen LogP contribution in [0.2, 0.25) is 0 Å². The molecular formula is C27H33N. The zero-order chi connectivity index (χ0) is 20.5. The lowest BCUT2D eigenvalue weighted by Gasteiger charge is -2.06. The van der Waals surface area contributed by atoms with Crippen LogP contribution in [0.5, 0.6) is 0 Å². The maximum absolute atomic E-state index is 4.28. The summed E-state index contributed by atoms with van der Waals surface area (Å²) in [6, 6.07) is 25.7. The van der Waals surface area contributed by atoms with Crippen LogP contribution in [0.15, 0.2) is 79.0 Å². The van der Waals surface area contributed by atoms with E-state index in [0.29, 0.717) is 11.8 Å². The Bertz CT molecular complexity index is 916. The van der Waals surface area contributed by atoms with E-state index in [4.69, 9.17) is 0 Å². The Kier molecular flexibility index (Phi) is 8.19. The SMILES string of the molecule is CC.CC(C)c1ccc2ccccc2c1.CC(C)c1ccc2ncccc2c1. The molecule has 0 saturated carbocycles. The van der Waals surface area contributed by atoms with E-state index in [1.807, 2.05) is 26.1 Å². The van der Waals surface area contributed by atoms with Crippen LogP contribution in [0.1, 0.15) is 64.5 Å². The van der Waals surface area contributed by atoms with Gasteiger partial charge in [-0.2, -0.15) is 0 Å². The molecule has 0 saturated heterocycles. The van der Waals surface area contributed by atoms with Gasteiger partial charge in [0.25, 0.3) is 0 Å². The average molecular weight is 372 g/mol. The second-order valence-electron chi connectivity index (χ2n) is 7.37. The van der Waals surface area contributed by atoms with Crippen molar-refractivity contribution in [2.75, 3.05) is 0 Å². The molecule has 0 unspecified atom stereocenters. The number of hydrogen-bond donors (Lipinski definition) is 0. The zero-order valence-electron chi connectivity index (χ0n) is 18.1. The first-order chi connectivity index (χ1) is 13.5. The predicted octanol–water partition coefficient (Wildman–Crippen LogP) is 8.35. The second-order valence-corrected chi connectivity index (χ2v) is 7.37. The largest absolute Gasteiger partial charge is 0.256 e. The fourth-order valence-corrected chi connectivity index (χ4v) is 3.02. The van der Waals surface area contributed by atoms with Gasteiger partial charge in [0.15, 0.2) is 0 Å². The van der Waals surface area contributed by atoms with Gasteiger partial charge in [0.1, 0.15) is 0 Å². The highest BCUT2D eigenvalue weighted by atomic mass is 14.6. The molecule has 146 valence electrons. The molecule has 0 spiro atoms. The molecule has 0 aliphatic carbocycles. The second kappa shape index (κ2) is 10.6. The molecule has 3 aromatic carbocycles. The summed E-state index contributed by atoms with van der Waals surface area (Å²) in [5.41, 5.74) is 3.87. The van der Waals surface area contributed by atoms with Gasteiger partial charge < -0.3 is 0 Å². The van der Waals surface area contributed by atoms with Crippen LogP contribution >= 0.6 is 0 Å². The van der Waals surface area contributed by atoms with Crippen molar-refractivity contribution < 1.29 is 0 Å². The summed E-state index contributed by atoms with van der Waals surface area (Å²) in [6.07, 6.45) is 1.83. The van der Waals surface area contributed by atoms with Crippen molar-refractivity contribution in [3.8, 4) is 0 Å². The van der Waals surface area contributed by atoms with Crippen molar-refractivity contribution in [3.05, 3.63) is 90.1 Å². The molecule has 0 amide bonds. The fraction of sp³-hybridized carbons (Fsp3) is 0.296. The van der Waals surface area contributed by atoms with Gasteiger partial charge in [-0.05, 0) is 51.9 Å². The molecule has 0 aliphatic heterocycles. The van der Waals surface area contributed by atoms with Crippen molar-refractivity contribution in [1.29, 1.82) is 0 Å². The number of aromatic nitrogens is 1. The molecule has 1 heteroatoms. The standard InChI is InChI=1S/C13H14.C12H13N.C2H6/c1-10(2)12-8-7-11-5-3-4-6-13(11)9-12;1-9(2)10-5-6-12-11(8-10)4-3-7-13-12;1-2/h3-10H,1-2H3;3-9H,1-2H3;1-2H3. The van der Waals surface area contributed by atoms with E-state index in [1.54, 1.807) is 0 Å². The Morgan fingerprint density at radius 3 is 1.75 bits per heavy atom. The molecule has 1 nitrogen and oxygen atoms in total. The van der Waals surface area contributed by atoms with Gasteiger partial charge >= 0.3 is 0 Å². The summed E-state index contributed by atoms with van der Waals surface area (Å²) in [4.78, 5) is 4.28. The molecule has 0 atom stereocenters. The molecule has 0 aliphatic rings. The smallest absolute Gasteiger partial charge is 0.0702 e. The maximum atomic E-state index is 4.28. The Morgan fingerprint density at radius 2 is 1.11 bits per heavy atom. The normalized spacial score (nSPS) is 10.4. The molecule has 0 radical (unpaired) electrons.